The van der Waals surface area contributed by atoms with Gasteiger partial charge in [-0.3, -0.25) is 4.68 Å². The van der Waals surface area contributed by atoms with E-state index < -0.39 is 0 Å². The number of nitrogens with zero attached hydrogens (tertiary/aromatic N) is 3. The van der Waals surface area contributed by atoms with Crippen molar-refractivity contribution in [1.29, 1.82) is 0 Å². The zero-order chi connectivity index (χ0) is 14.5. The maximum Gasteiger partial charge on any atom is 0.0795 e. The number of thiazole rings is 1. The number of rotatable bonds is 7. The SMILES string of the molecule is CCNC(Cc1c(Br)c(CC)nn1CC)c1cscn1. The van der Waals surface area contributed by atoms with Crippen molar-refractivity contribution in [3.8, 4) is 0 Å². The van der Waals surface area contributed by atoms with Gasteiger partial charge in [0.25, 0.3) is 0 Å². The van der Waals surface area contributed by atoms with Crippen LogP contribution in [0.5, 0.6) is 0 Å². The van der Waals surface area contributed by atoms with Crippen molar-refractivity contribution >= 4 is 27.3 Å². The van der Waals surface area contributed by atoms with Crippen molar-refractivity contribution in [1.82, 2.24) is 20.1 Å². The summed E-state index contributed by atoms with van der Waals surface area (Å²) in [5.74, 6) is 0. The lowest BCUT2D eigenvalue weighted by Gasteiger charge is -2.16. The lowest BCUT2D eigenvalue weighted by molar-refractivity contribution is 0.507. The summed E-state index contributed by atoms with van der Waals surface area (Å²) in [5.41, 5.74) is 5.40. The van der Waals surface area contributed by atoms with Crippen LogP contribution in [0.2, 0.25) is 0 Å². The van der Waals surface area contributed by atoms with Gasteiger partial charge in [0, 0.05) is 18.3 Å². The molecule has 1 N–H and O–H groups in total. The number of aromatic nitrogens is 3. The molecule has 0 aliphatic heterocycles. The van der Waals surface area contributed by atoms with Crippen molar-refractivity contribution in [3.63, 3.8) is 0 Å². The van der Waals surface area contributed by atoms with Crippen molar-refractivity contribution in [2.24, 2.45) is 0 Å². The van der Waals surface area contributed by atoms with Crippen molar-refractivity contribution < 1.29 is 0 Å². The number of nitrogens with one attached hydrogen (secondary N) is 1. The predicted molar refractivity (Wildman–Crippen MR) is 87.2 cm³/mol. The van der Waals surface area contributed by atoms with Crippen LogP contribution in [0.3, 0.4) is 0 Å². The molecule has 0 fully saturated rings. The van der Waals surface area contributed by atoms with Crippen LogP contribution in [0.4, 0.5) is 0 Å². The van der Waals surface area contributed by atoms with E-state index in [9.17, 15) is 0 Å². The first-order chi connectivity index (χ1) is 9.71. The van der Waals surface area contributed by atoms with Gasteiger partial charge in [-0.1, -0.05) is 13.8 Å². The summed E-state index contributed by atoms with van der Waals surface area (Å²) < 4.78 is 3.25. The Bertz CT molecular complexity index is 536. The minimum absolute atomic E-state index is 0.245. The molecule has 6 heteroatoms. The molecule has 4 nitrogen and oxygen atoms in total. The lowest BCUT2D eigenvalue weighted by Crippen LogP contribution is -2.24. The smallest absolute Gasteiger partial charge is 0.0795 e. The third-order valence-electron chi connectivity index (χ3n) is 3.35. The highest BCUT2D eigenvalue weighted by Gasteiger charge is 2.20. The zero-order valence-corrected chi connectivity index (χ0v) is 14.6. The Morgan fingerprint density at radius 2 is 2.20 bits per heavy atom. The highest BCUT2D eigenvalue weighted by molar-refractivity contribution is 9.10. The molecule has 0 aliphatic rings. The van der Waals surface area contributed by atoms with Gasteiger partial charge in [-0.2, -0.15) is 5.10 Å². The van der Waals surface area contributed by atoms with E-state index in [1.54, 1.807) is 11.3 Å². The molecular weight excluding hydrogens is 336 g/mol. The fraction of sp³-hybridized carbons (Fsp3) is 0.571. The first-order valence-electron chi connectivity index (χ1n) is 7.06. The second kappa shape index (κ2) is 7.33. The minimum Gasteiger partial charge on any atom is -0.309 e. The quantitative estimate of drug-likeness (QED) is 0.824. The molecule has 0 saturated carbocycles. The number of hydrogen-bond donors (Lipinski definition) is 1. The highest BCUT2D eigenvalue weighted by Crippen LogP contribution is 2.27. The standard InChI is InChI=1S/C14H21BrN4S/c1-4-10-14(15)13(19(6-3)18-10)7-11(16-5-2)12-8-20-9-17-12/h8-9,11,16H,4-7H2,1-3H3. The zero-order valence-electron chi connectivity index (χ0n) is 12.2. The van der Waals surface area contributed by atoms with Gasteiger partial charge in [0.1, 0.15) is 0 Å². The second-order valence-electron chi connectivity index (χ2n) is 4.60. The molecule has 0 saturated heterocycles. The van der Waals surface area contributed by atoms with Gasteiger partial charge in [0.05, 0.1) is 33.1 Å². The Balaban J connectivity index is 2.28. The van der Waals surface area contributed by atoms with E-state index in [1.165, 1.54) is 5.69 Å². The first-order valence-corrected chi connectivity index (χ1v) is 8.80. The summed E-state index contributed by atoms with van der Waals surface area (Å²) in [7, 11) is 0. The lowest BCUT2D eigenvalue weighted by atomic mass is 10.1. The molecule has 0 spiro atoms. The largest absolute Gasteiger partial charge is 0.309 e. The first kappa shape index (κ1) is 15.7. The van der Waals surface area contributed by atoms with Gasteiger partial charge in [0.15, 0.2) is 0 Å². The monoisotopic (exact) mass is 356 g/mol. The van der Waals surface area contributed by atoms with Crippen LogP contribution >= 0.6 is 27.3 Å². The van der Waals surface area contributed by atoms with Gasteiger partial charge in [0.2, 0.25) is 0 Å². The van der Waals surface area contributed by atoms with Gasteiger partial charge < -0.3 is 5.32 Å². The number of halogens is 1. The Hall–Kier alpha value is -0.720. The van der Waals surface area contributed by atoms with Crippen LogP contribution < -0.4 is 5.32 Å². The summed E-state index contributed by atoms with van der Waals surface area (Å²) in [6, 6.07) is 0.245. The molecular formula is C14H21BrN4S. The van der Waals surface area contributed by atoms with Crippen molar-refractivity contribution in [2.45, 2.75) is 46.2 Å². The number of hydrogen-bond acceptors (Lipinski definition) is 4. The average Bonchev–Trinajstić information content (AvgIpc) is 3.07. The fourth-order valence-electron chi connectivity index (χ4n) is 2.33. The molecule has 0 radical (unpaired) electrons. The Labute approximate surface area is 132 Å². The summed E-state index contributed by atoms with van der Waals surface area (Å²) in [4.78, 5) is 4.45. The second-order valence-corrected chi connectivity index (χ2v) is 6.12. The molecule has 0 aliphatic carbocycles. The third kappa shape index (κ3) is 3.30. The molecule has 0 bridgehead atoms. The van der Waals surface area contributed by atoms with E-state index in [1.807, 2.05) is 5.51 Å². The van der Waals surface area contributed by atoms with Crippen LogP contribution in [-0.4, -0.2) is 21.3 Å². The number of likely N-dealkylation sites (N-methyl/N-ethyl adjacent to an activating group) is 1. The van der Waals surface area contributed by atoms with Crippen LogP contribution in [0.1, 0.15) is 43.9 Å². The summed E-state index contributed by atoms with van der Waals surface area (Å²) >= 11 is 5.36. The molecule has 2 aromatic rings. The maximum absolute atomic E-state index is 4.67. The highest BCUT2D eigenvalue weighted by atomic mass is 79.9. The molecule has 2 rings (SSSR count). The third-order valence-corrected chi connectivity index (χ3v) is 4.87. The predicted octanol–water partition coefficient (Wildman–Crippen LogP) is 3.58. The molecule has 1 atom stereocenters. The van der Waals surface area contributed by atoms with Crippen LogP contribution in [0.25, 0.3) is 0 Å². The van der Waals surface area contributed by atoms with Gasteiger partial charge in [-0.25, -0.2) is 4.98 Å². The van der Waals surface area contributed by atoms with Gasteiger partial charge in [-0.15, -0.1) is 11.3 Å². The van der Waals surface area contributed by atoms with E-state index in [0.29, 0.717) is 0 Å². The van der Waals surface area contributed by atoms with E-state index >= 15 is 0 Å². The Kier molecular flexibility index (Phi) is 5.74. The normalized spacial score (nSPS) is 12.8. The minimum atomic E-state index is 0.245. The van der Waals surface area contributed by atoms with Gasteiger partial charge in [-0.05, 0) is 35.8 Å². The molecule has 1 unspecified atom stereocenters. The number of aryl methyl sites for hydroxylation is 2. The summed E-state index contributed by atoms with van der Waals surface area (Å²) in [5, 5.41) is 10.3. The molecule has 0 amide bonds. The Morgan fingerprint density at radius 3 is 2.75 bits per heavy atom. The van der Waals surface area contributed by atoms with Crippen LogP contribution in [-0.2, 0) is 19.4 Å². The van der Waals surface area contributed by atoms with Crippen molar-refractivity contribution in [3.05, 3.63) is 32.4 Å². The van der Waals surface area contributed by atoms with Crippen molar-refractivity contribution in [2.75, 3.05) is 6.54 Å². The molecule has 20 heavy (non-hydrogen) atoms. The van der Waals surface area contributed by atoms with Crippen LogP contribution in [0.15, 0.2) is 15.4 Å². The van der Waals surface area contributed by atoms with Crippen LogP contribution in [0, 0.1) is 0 Å². The fourth-order valence-corrected chi connectivity index (χ4v) is 3.66. The molecule has 2 aromatic heterocycles. The molecule has 2 heterocycles. The average molecular weight is 357 g/mol. The van der Waals surface area contributed by atoms with Gasteiger partial charge >= 0.3 is 0 Å². The maximum atomic E-state index is 4.67. The summed E-state index contributed by atoms with van der Waals surface area (Å²) in [6.07, 6.45) is 1.85. The van der Waals surface area contributed by atoms with E-state index in [2.05, 4.69) is 62.2 Å². The van der Waals surface area contributed by atoms with E-state index in [4.69, 9.17) is 0 Å². The summed E-state index contributed by atoms with van der Waals surface area (Å²) in [6.45, 7) is 8.22. The topological polar surface area (TPSA) is 42.7 Å². The molecule has 0 aromatic carbocycles. The molecule has 110 valence electrons. The van der Waals surface area contributed by atoms with E-state index in [0.717, 1.165) is 41.8 Å². The van der Waals surface area contributed by atoms with E-state index in [-0.39, 0.29) is 6.04 Å². The Morgan fingerprint density at radius 1 is 1.40 bits per heavy atom.